The number of carbonyl (C=O) groups is 1. The molecule has 0 bridgehead atoms. The molecular formula is C18H24FN3O. The molecule has 1 N–H and O–H groups in total. The van der Waals surface area contributed by atoms with Crippen molar-refractivity contribution in [3.8, 4) is 0 Å². The van der Waals surface area contributed by atoms with Gasteiger partial charge in [-0.2, -0.15) is 0 Å². The molecular weight excluding hydrogens is 293 g/mol. The van der Waals surface area contributed by atoms with Crippen molar-refractivity contribution in [1.29, 1.82) is 0 Å². The molecule has 2 heterocycles. The minimum Gasteiger partial charge on any atom is -0.323 e. The Balaban J connectivity index is 1.67. The number of nitrogens with zero attached hydrogens (tertiary/aromatic N) is 2. The summed E-state index contributed by atoms with van der Waals surface area (Å²) in [5.74, 6) is -0.300. The van der Waals surface area contributed by atoms with Crippen molar-refractivity contribution in [2.24, 2.45) is 0 Å². The summed E-state index contributed by atoms with van der Waals surface area (Å²) in [7, 11) is 0. The van der Waals surface area contributed by atoms with Gasteiger partial charge in [0.15, 0.2) is 0 Å². The SMILES string of the molecule is C=CCN1CCCC12CCCN(C(=O)Nc1ccc(F)cc1)C2. The van der Waals surface area contributed by atoms with Crippen LogP contribution in [0.5, 0.6) is 0 Å². The molecule has 0 radical (unpaired) electrons. The van der Waals surface area contributed by atoms with E-state index in [9.17, 15) is 9.18 Å². The molecule has 4 nitrogen and oxygen atoms in total. The van der Waals surface area contributed by atoms with Crippen LogP contribution in [0.3, 0.4) is 0 Å². The second kappa shape index (κ2) is 6.71. The monoisotopic (exact) mass is 317 g/mol. The fourth-order valence-electron chi connectivity index (χ4n) is 3.92. The highest BCUT2D eigenvalue weighted by Gasteiger charge is 2.44. The normalized spacial score (nSPS) is 24.8. The maximum atomic E-state index is 13.0. The number of anilines is 1. The van der Waals surface area contributed by atoms with Crippen LogP contribution in [0.2, 0.25) is 0 Å². The highest BCUT2D eigenvalue weighted by molar-refractivity contribution is 5.89. The molecule has 1 aromatic carbocycles. The number of likely N-dealkylation sites (tertiary alicyclic amines) is 2. The highest BCUT2D eigenvalue weighted by atomic mass is 19.1. The first-order valence-corrected chi connectivity index (χ1v) is 8.30. The average molecular weight is 317 g/mol. The molecule has 1 atom stereocenters. The van der Waals surface area contributed by atoms with Crippen LogP contribution in [0.4, 0.5) is 14.9 Å². The largest absolute Gasteiger partial charge is 0.323 e. The Hall–Kier alpha value is -1.88. The molecule has 23 heavy (non-hydrogen) atoms. The summed E-state index contributed by atoms with van der Waals surface area (Å²) in [4.78, 5) is 16.9. The maximum absolute atomic E-state index is 13.0. The summed E-state index contributed by atoms with van der Waals surface area (Å²) in [5.41, 5.74) is 0.734. The zero-order valence-electron chi connectivity index (χ0n) is 13.4. The predicted octanol–water partition coefficient (Wildman–Crippen LogP) is 3.47. The van der Waals surface area contributed by atoms with Gasteiger partial charge in [-0.05, 0) is 56.5 Å². The van der Waals surface area contributed by atoms with Crippen LogP contribution in [-0.2, 0) is 0 Å². The van der Waals surface area contributed by atoms with E-state index in [1.807, 2.05) is 11.0 Å². The van der Waals surface area contributed by atoms with Crippen molar-refractivity contribution in [1.82, 2.24) is 9.80 Å². The number of benzene rings is 1. The van der Waals surface area contributed by atoms with Crippen LogP contribution in [0.1, 0.15) is 25.7 Å². The van der Waals surface area contributed by atoms with E-state index in [2.05, 4.69) is 16.8 Å². The van der Waals surface area contributed by atoms with E-state index in [4.69, 9.17) is 0 Å². The standard InChI is InChI=1S/C18H24FN3O/c1-2-11-22-13-4-10-18(22)9-3-12-21(14-18)17(23)20-16-7-5-15(19)6-8-16/h2,5-8H,1,3-4,9-14H2,(H,20,23). The zero-order valence-corrected chi connectivity index (χ0v) is 13.4. The minimum absolute atomic E-state index is 0.0962. The Morgan fingerprint density at radius 3 is 2.65 bits per heavy atom. The Kier molecular flexibility index (Phi) is 4.66. The number of hydrogen-bond donors (Lipinski definition) is 1. The lowest BCUT2D eigenvalue weighted by molar-refractivity contribution is 0.0670. The molecule has 124 valence electrons. The topological polar surface area (TPSA) is 35.6 Å². The van der Waals surface area contributed by atoms with Crippen LogP contribution >= 0.6 is 0 Å². The molecule has 2 saturated heterocycles. The zero-order chi connectivity index (χ0) is 16.3. The number of urea groups is 1. The summed E-state index contributed by atoms with van der Waals surface area (Å²) < 4.78 is 13.0. The molecule has 2 amide bonds. The number of halogens is 1. The fraction of sp³-hybridized carbons (Fsp3) is 0.500. The van der Waals surface area contributed by atoms with Crippen LogP contribution in [-0.4, -0.2) is 47.5 Å². The van der Waals surface area contributed by atoms with E-state index < -0.39 is 0 Å². The predicted molar refractivity (Wildman–Crippen MR) is 90.0 cm³/mol. The third-order valence-corrected chi connectivity index (χ3v) is 5.03. The first kappa shape index (κ1) is 16.0. The Labute approximate surface area is 137 Å². The van der Waals surface area contributed by atoms with Crippen molar-refractivity contribution in [3.63, 3.8) is 0 Å². The number of carbonyl (C=O) groups excluding carboxylic acids is 1. The van der Waals surface area contributed by atoms with Crippen LogP contribution in [0.15, 0.2) is 36.9 Å². The number of amides is 2. The maximum Gasteiger partial charge on any atom is 0.321 e. The quantitative estimate of drug-likeness (QED) is 0.867. The molecule has 0 saturated carbocycles. The van der Waals surface area contributed by atoms with Gasteiger partial charge in [0.1, 0.15) is 5.82 Å². The van der Waals surface area contributed by atoms with Gasteiger partial charge in [-0.1, -0.05) is 6.08 Å². The van der Waals surface area contributed by atoms with Crippen molar-refractivity contribution in [3.05, 3.63) is 42.7 Å². The van der Waals surface area contributed by atoms with Gasteiger partial charge in [0.25, 0.3) is 0 Å². The second-order valence-corrected chi connectivity index (χ2v) is 6.52. The average Bonchev–Trinajstić information content (AvgIpc) is 2.92. The number of rotatable bonds is 3. The van der Waals surface area contributed by atoms with Crippen molar-refractivity contribution in [2.45, 2.75) is 31.2 Å². The molecule has 1 aromatic rings. The van der Waals surface area contributed by atoms with Gasteiger partial charge in [0, 0.05) is 30.9 Å². The molecule has 0 aliphatic carbocycles. The Morgan fingerprint density at radius 1 is 1.26 bits per heavy atom. The van der Waals surface area contributed by atoms with Crippen molar-refractivity contribution < 1.29 is 9.18 Å². The molecule has 2 fully saturated rings. The Morgan fingerprint density at radius 2 is 1.96 bits per heavy atom. The molecule has 2 aliphatic rings. The molecule has 1 unspecified atom stereocenters. The summed E-state index contributed by atoms with van der Waals surface area (Å²) in [6.07, 6.45) is 6.43. The third kappa shape index (κ3) is 3.39. The molecule has 1 spiro atoms. The number of nitrogens with one attached hydrogen (secondary N) is 1. The number of hydrogen-bond acceptors (Lipinski definition) is 2. The molecule has 0 aromatic heterocycles. The highest BCUT2D eigenvalue weighted by Crippen LogP contribution is 2.37. The van der Waals surface area contributed by atoms with E-state index in [1.165, 1.54) is 18.6 Å². The lowest BCUT2D eigenvalue weighted by Gasteiger charge is -2.45. The molecule has 2 aliphatic heterocycles. The van der Waals surface area contributed by atoms with Gasteiger partial charge in [-0.25, -0.2) is 9.18 Å². The van der Waals surface area contributed by atoms with E-state index >= 15 is 0 Å². The van der Waals surface area contributed by atoms with Gasteiger partial charge in [0.2, 0.25) is 0 Å². The second-order valence-electron chi connectivity index (χ2n) is 6.52. The summed E-state index contributed by atoms with van der Waals surface area (Å²) in [6, 6.07) is 5.80. The minimum atomic E-state index is -0.300. The number of piperidine rings is 1. The van der Waals surface area contributed by atoms with Gasteiger partial charge >= 0.3 is 6.03 Å². The van der Waals surface area contributed by atoms with Gasteiger partial charge in [0.05, 0.1) is 0 Å². The lowest BCUT2D eigenvalue weighted by Crippen LogP contribution is -2.57. The van der Waals surface area contributed by atoms with Crippen molar-refractivity contribution >= 4 is 11.7 Å². The van der Waals surface area contributed by atoms with E-state index in [0.29, 0.717) is 5.69 Å². The first-order chi connectivity index (χ1) is 11.1. The Bertz CT molecular complexity index is 574. The smallest absolute Gasteiger partial charge is 0.321 e. The summed E-state index contributed by atoms with van der Waals surface area (Å²) in [5, 5.41) is 2.87. The summed E-state index contributed by atoms with van der Waals surface area (Å²) in [6.45, 7) is 7.35. The van der Waals surface area contributed by atoms with Gasteiger partial charge in [-0.3, -0.25) is 4.90 Å². The van der Waals surface area contributed by atoms with E-state index in [1.54, 1.807) is 12.1 Å². The lowest BCUT2D eigenvalue weighted by atomic mass is 9.86. The van der Waals surface area contributed by atoms with Crippen LogP contribution < -0.4 is 5.32 Å². The van der Waals surface area contributed by atoms with Gasteiger partial charge < -0.3 is 10.2 Å². The van der Waals surface area contributed by atoms with E-state index in [-0.39, 0.29) is 17.4 Å². The van der Waals surface area contributed by atoms with Gasteiger partial charge in [-0.15, -0.1) is 6.58 Å². The summed E-state index contributed by atoms with van der Waals surface area (Å²) >= 11 is 0. The van der Waals surface area contributed by atoms with Crippen molar-refractivity contribution in [2.75, 3.05) is 31.5 Å². The fourth-order valence-corrected chi connectivity index (χ4v) is 3.92. The third-order valence-electron chi connectivity index (χ3n) is 5.03. The van der Waals surface area contributed by atoms with Crippen LogP contribution in [0.25, 0.3) is 0 Å². The first-order valence-electron chi connectivity index (χ1n) is 8.30. The van der Waals surface area contributed by atoms with E-state index in [0.717, 1.165) is 45.4 Å². The molecule has 5 heteroatoms. The molecule has 3 rings (SSSR count). The van der Waals surface area contributed by atoms with Crippen LogP contribution in [0, 0.1) is 5.82 Å².